The van der Waals surface area contributed by atoms with E-state index >= 15 is 0 Å². The van der Waals surface area contributed by atoms with Crippen molar-refractivity contribution in [1.82, 2.24) is 0 Å². The third kappa shape index (κ3) is 3.88. The number of hydrogen-bond acceptors (Lipinski definition) is 5. The Bertz CT molecular complexity index is 1110. The Morgan fingerprint density at radius 2 is 1.96 bits per heavy atom. The molecule has 2 amide bonds. The van der Waals surface area contributed by atoms with Crippen LogP contribution >= 0.6 is 0 Å². The summed E-state index contributed by atoms with van der Waals surface area (Å²) in [5, 5.41) is 3.53. The number of ether oxygens (including phenoxy) is 1. The summed E-state index contributed by atoms with van der Waals surface area (Å²) < 4.78 is 10.6. The van der Waals surface area contributed by atoms with Gasteiger partial charge in [0.25, 0.3) is 5.91 Å². The summed E-state index contributed by atoms with van der Waals surface area (Å²) in [6, 6.07) is 15.2. The number of nitrogens with one attached hydrogen (secondary N) is 1. The molecule has 1 aliphatic rings. The third-order valence-electron chi connectivity index (χ3n) is 4.48. The Morgan fingerprint density at radius 1 is 1.11 bits per heavy atom. The summed E-state index contributed by atoms with van der Waals surface area (Å²) in [4.78, 5) is 37.1. The molecule has 3 aromatic rings. The van der Waals surface area contributed by atoms with Crippen LogP contribution in [0.2, 0.25) is 0 Å². The quantitative estimate of drug-likeness (QED) is 0.690. The molecule has 1 N–H and O–H groups in total. The van der Waals surface area contributed by atoms with Gasteiger partial charge in [0.2, 0.25) is 5.91 Å². The summed E-state index contributed by atoms with van der Waals surface area (Å²) in [7, 11) is 0. The van der Waals surface area contributed by atoms with Gasteiger partial charge in [0.15, 0.2) is 6.61 Å². The summed E-state index contributed by atoms with van der Waals surface area (Å²) in [5.74, 6) is 0.183. The first-order valence-corrected chi connectivity index (χ1v) is 8.95. The molecule has 0 unspecified atom stereocenters. The first-order valence-electron chi connectivity index (χ1n) is 8.95. The lowest BCUT2D eigenvalue weighted by Gasteiger charge is -2.16. The molecule has 0 saturated carbocycles. The standard InChI is InChI=1S/C21H18N2O5/c24-19(13-27-17-8-6-14-7-9-21(26)28-18(14)12-17)22-15-3-1-4-16(11-15)23-10-2-5-20(23)25/h1,3-4,6-9,11-12H,2,5,10,13H2,(H,22,24). The van der Waals surface area contributed by atoms with E-state index in [0.29, 0.717) is 30.0 Å². The van der Waals surface area contributed by atoms with Crippen molar-refractivity contribution in [3.8, 4) is 5.75 Å². The van der Waals surface area contributed by atoms with Gasteiger partial charge in [-0.15, -0.1) is 0 Å². The zero-order valence-corrected chi connectivity index (χ0v) is 15.0. The lowest BCUT2D eigenvalue weighted by Crippen LogP contribution is -2.24. The van der Waals surface area contributed by atoms with E-state index in [1.54, 1.807) is 47.4 Å². The van der Waals surface area contributed by atoms with Crippen LogP contribution in [0.15, 0.2) is 63.8 Å². The second kappa shape index (κ2) is 7.56. The minimum absolute atomic E-state index is 0.0924. The van der Waals surface area contributed by atoms with Crippen LogP contribution in [0, 0.1) is 0 Å². The highest BCUT2D eigenvalue weighted by molar-refractivity contribution is 5.97. The van der Waals surface area contributed by atoms with Crippen molar-refractivity contribution in [3.63, 3.8) is 0 Å². The molecule has 7 heteroatoms. The van der Waals surface area contributed by atoms with E-state index in [9.17, 15) is 14.4 Å². The van der Waals surface area contributed by atoms with Crippen LogP contribution in [0.1, 0.15) is 12.8 Å². The molecule has 1 aromatic heterocycles. The zero-order chi connectivity index (χ0) is 19.5. The van der Waals surface area contributed by atoms with Gasteiger partial charge in [0, 0.05) is 41.9 Å². The summed E-state index contributed by atoms with van der Waals surface area (Å²) in [6.07, 6.45) is 1.39. The minimum atomic E-state index is -0.446. The fraction of sp³-hybridized carbons (Fsp3) is 0.190. The van der Waals surface area contributed by atoms with Gasteiger partial charge in [-0.2, -0.15) is 0 Å². The van der Waals surface area contributed by atoms with Crippen molar-refractivity contribution >= 4 is 34.2 Å². The smallest absolute Gasteiger partial charge is 0.336 e. The first-order chi connectivity index (χ1) is 13.6. The molecular weight excluding hydrogens is 360 g/mol. The largest absolute Gasteiger partial charge is 0.484 e. The summed E-state index contributed by atoms with van der Waals surface area (Å²) >= 11 is 0. The monoisotopic (exact) mass is 378 g/mol. The first kappa shape index (κ1) is 17.8. The number of carbonyl (C=O) groups is 2. The summed E-state index contributed by atoms with van der Waals surface area (Å²) in [6.45, 7) is 0.493. The molecule has 0 atom stereocenters. The van der Waals surface area contributed by atoms with Gasteiger partial charge >= 0.3 is 5.63 Å². The molecule has 0 radical (unpaired) electrons. The molecule has 142 valence electrons. The van der Waals surface area contributed by atoms with E-state index in [4.69, 9.17) is 9.15 Å². The van der Waals surface area contributed by atoms with Crippen LogP contribution in [0.5, 0.6) is 5.75 Å². The molecule has 0 spiro atoms. The molecule has 1 saturated heterocycles. The van der Waals surface area contributed by atoms with Gasteiger partial charge in [0.1, 0.15) is 11.3 Å². The van der Waals surface area contributed by atoms with Crippen molar-refractivity contribution in [2.75, 3.05) is 23.4 Å². The zero-order valence-electron chi connectivity index (χ0n) is 15.0. The number of anilines is 2. The van der Waals surface area contributed by atoms with Gasteiger partial charge < -0.3 is 19.4 Å². The number of fused-ring (bicyclic) bond motifs is 1. The van der Waals surface area contributed by atoms with Crippen molar-refractivity contribution in [2.45, 2.75) is 12.8 Å². The molecule has 2 aromatic carbocycles. The molecular formula is C21H18N2O5. The van der Waals surface area contributed by atoms with Crippen molar-refractivity contribution in [1.29, 1.82) is 0 Å². The van der Waals surface area contributed by atoms with Gasteiger partial charge in [-0.05, 0) is 42.8 Å². The predicted molar refractivity (Wildman–Crippen MR) is 105 cm³/mol. The van der Waals surface area contributed by atoms with Gasteiger partial charge in [-0.25, -0.2) is 4.79 Å². The average Bonchev–Trinajstić information content (AvgIpc) is 3.12. The Balaban J connectivity index is 1.39. The van der Waals surface area contributed by atoms with E-state index in [0.717, 1.165) is 17.5 Å². The van der Waals surface area contributed by atoms with Crippen molar-refractivity contribution in [3.05, 3.63) is 65.0 Å². The molecule has 0 bridgehead atoms. The van der Waals surface area contributed by atoms with E-state index < -0.39 is 5.63 Å². The second-order valence-corrected chi connectivity index (χ2v) is 6.49. The van der Waals surface area contributed by atoms with Crippen LogP contribution in [0.3, 0.4) is 0 Å². The molecule has 0 aliphatic carbocycles. The van der Waals surface area contributed by atoms with Crippen LogP contribution < -0.4 is 20.6 Å². The van der Waals surface area contributed by atoms with E-state index in [1.165, 1.54) is 6.07 Å². The number of nitrogens with zero attached hydrogens (tertiary/aromatic N) is 1. The average molecular weight is 378 g/mol. The predicted octanol–water partition coefficient (Wildman–Crippen LogP) is 2.94. The maximum atomic E-state index is 12.2. The minimum Gasteiger partial charge on any atom is -0.484 e. The maximum Gasteiger partial charge on any atom is 0.336 e. The SMILES string of the molecule is O=C(COc1ccc2ccc(=O)oc2c1)Nc1cccc(N2CCCC2=O)c1. The molecule has 1 fully saturated rings. The topological polar surface area (TPSA) is 88.8 Å². The lowest BCUT2D eigenvalue weighted by atomic mass is 10.2. The fourth-order valence-corrected chi connectivity index (χ4v) is 3.15. The molecule has 28 heavy (non-hydrogen) atoms. The number of benzene rings is 2. The third-order valence-corrected chi connectivity index (χ3v) is 4.48. The fourth-order valence-electron chi connectivity index (χ4n) is 3.15. The van der Waals surface area contributed by atoms with Gasteiger partial charge in [-0.3, -0.25) is 9.59 Å². The Hall–Kier alpha value is -3.61. The number of rotatable bonds is 5. The van der Waals surface area contributed by atoms with Crippen LogP contribution in [-0.4, -0.2) is 25.0 Å². The lowest BCUT2D eigenvalue weighted by molar-refractivity contribution is -0.118. The number of carbonyl (C=O) groups excluding carboxylic acids is 2. The van der Waals surface area contributed by atoms with Crippen LogP contribution in [0.4, 0.5) is 11.4 Å². The Kier molecular flexibility index (Phi) is 4.80. The van der Waals surface area contributed by atoms with Crippen molar-refractivity contribution < 1.29 is 18.7 Å². The molecule has 4 rings (SSSR count). The van der Waals surface area contributed by atoms with Gasteiger partial charge in [-0.1, -0.05) is 6.07 Å². The van der Waals surface area contributed by atoms with E-state index in [2.05, 4.69) is 5.32 Å². The number of hydrogen-bond donors (Lipinski definition) is 1. The van der Waals surface area contributed by atoms with Gasteiger partial charge in [0.05, 0.1) is 0 Å². The number of amides is 2. The Labute approximate surface area is 160 Å². The highest BCUT2D eigenvalue weighted by atomic mass is 16.5. The van der Waals surface area contributed by atoms with Crippen LogP contribution in [-0.2, 0) is 9.59 Å². The maximum absolute atomic E-state index is 12.2. The highest BCUT2D eigenvalue weighted by Crippen LogP contribution is 2.24. The normalized spacial score (nSPS) is 13.7. The Morgan fingerprint density at radius 3 is 2.79 bits per heavy atom. The molecule has 2 heterocycles. The van der Waals surface area contributed by atoms with E-state index in [1.807, 2.05) is 6.07 Å². The van der Waals surface area contributed by atoms with Crippen LogP contribution in [0.25, 0.3) is 11.0 Å². The molecule has 1 aliphatic heterocycles. The summed E-state index contributed by atoms with van der Waals surface area (Å²) in [5.41, 5.74) is 1.31. The second-order valence-electron chi connectivity index (χ2n) is 6.49. The van der Waals surface area contributed by atoms with Crippen molar-refractivity contribution in [2.24, 2.45) is 0 Å². The molecule has 7 nitrogen and oxygen atoms in total. The van der Waals surface area contributed by atoms with E-state index in [-0.39, 0.29) is 18.4 Å². The highest BCUT2D eigenvalue weighted by Gasteiger charge is 2.21.